The van der Waals surface area contributed by atoms with Gasteiger partial charge in [-0.15, -0.1) is 0 Å². The molecule has 0 saturated heterocycles. The Kier molecular flexibility index (Phi) is 4.60. The van der Waals surface area contributed by atoms with Crippen LogP contribution in [0.5, 0.6) is 5.75 Å². The topological polar surface area (TPSA) is 9.23 Å². The van der Waals surface area contributed by atoms with Crippen molar-refractivity contribution < 1.29 is 4.52 Å². The zero-order valence-corrected chi connectivity index (χ0v) is 11.2. The van der Waals surface area contributed by atoms with Gasteiger partial charge in [0.25, 0.3) is 0 Å². The highest BCUT2D eigenvalue weighted by molar-refractivity contribution is 7.54. The summed E-state index contributed by atoms with van der Waals surface area (Å²) in [5, 5.41) is 0. The van der Waals surface area contributed by atoms with E-state index in [1.54, 1.807) is 0 Å². The minimum absolute atomic E-state index is 0.365. The zero-order valence-electron chi connectivity index (χ0n) is 10.3. The third-order valence-corrected chi connectivity index (χ3v) is 4.71. The summed E-state index contributed by atoms with van der Waals surface area (Å²) in [6, 6.07) is 8.33. The first-order valence-corrected chi connectivity index (χ1v) is 6.93. The minimum atomic E-state index is -0.365. The summed E-state index contributed by atoms with van der Waals surface area (Å²) in [7, 11) is -0.365. The van der Waals surface area contributed by atoms with Crippen molar-refractivity contribution in [2.24, 2.45) is 0 Å². The number of benzene rings is 1. The molecule has 1 rings (SSSR count). The fourth-order valence-corrected chi connectivity index (χ4v) is 3.51. The van der Waals surface area contributed by atoms with Gasteiger partial charge in [-0.25, -0.2) is 0 Å². The molecule has 0 atom stereocenters. The van der Waals surface area contributed by atoms with E-state index in [2.05, 4.69) is 58.9 Å². The van der Waals surface area contributed by atoms with Gasteiger partial charge in [-0.3, -0.25) is 0 Å². The second kappa shape index (κ2) is 5.51. The number of rotatable bonds is 4. The monoisotopic (exact) mass is 224 g/mol. The molecule has 0 heterocycles. The van der Waals surface area contributed by atoms with Gasteiger partial charge in [-0.05, 0) is 19.1 Å². The maximum atomic E-state index is 6.06. The SMILES string of the molecule is Cc1ccc(OP(C(C)C)C(C)C)cc1. The van der Waals surface area contributed by atoms with Crippen LogP contribution in [-0.4, -0.2) is 11.3 Å². The smallest absolute Gasteiger partial charge is 0.123 e. The van der Waals surface area contributed by atoms with E-state index in [1.807, 2.05) is 0 Å². The summed E-state index contributed by atoms with van der Waals surface area (Å²) in [6.07, 6.45) is 0. The van der Waals surface area contributed by atoms with Crippen molar-refractivity contribution in [3.05, 3.63) is 29.8 Å². The molecule has 0 radical (unpaired) electrons. The summed E-state index contributed by atoms with van der Waals surface area (Å²) < 4.78 is 6.06. The highest BCUT2D eigenvalue weighted by Crippen LogP contribution is 2.47. The molecule has 84 valence electrons. The fourth-order valence-electron chi connectivity index (χ4n) is 1.53. The van der Waals surface area contributed by atoms with Gasteiger partial charge >= 0.3 is 0 Å². The van der Waals surface area contributed by atoms with Gasteiger partial charge < -0.3 is 4.52 Å². The van der Waals surface area contributed by atoms with Crippen molar-refractivity contribution in [1.82, 2.24) is 0 Å². The van der Waals surface area contributed by atoms with Gasteiger partial charge in [-0.1, -0.05) is 45.4 Å². The summed E-state index contributed by atoms with van der Waals surface area (Å²) >= 11 is 0. The molecule has 0 amide bonds. The lowest BCUT2D eigenvalue weighted by Gasteiger charge is -2.25. The van der Waals surface area contributed by atoms with Crippen molar-refractivity contribution >= 4 is 8.15 Å². The third-order valence-electron chi connectivity index (χ3n) is 2.25. The second-order valence-electron chi connectivity index (χ2n) is 4.45. The van der Waals surface area contributed by atoms with Crippen molar-refractivity contribution in [2.75, 3.05) is 0 Å². The van der Waals surface area contributed by atoms with Gasteiger partial charge in [0.05, 0.1) is 8.15 Å². The van der Waals surface area contributed by atoms with Gasteiger partial charge in [0.2, 0.25) is 0 Å². The van der Waals surface area contributed by atoms with E-state index in [4.69, 9.17) is 4.52 Å². The van der Waals surface area contributed by atoms with Crippen molar-refractivity contribution in [3.63, 3.8) is 0 Å². The molecule has 1 aromatic rings. The average Bonchev–Trinajstić information content (AvgIpc) is 2.15. The number of hydrogen-bond donors (Lipinski definition) is 0. The van der Waals surface area contributed by atoms with Crippen LogP contribution in [0.4, 0.5) is 0 Å². The maximum absolute atomic E-state index is 6.06. The summed E-state index contributed by atoms with van der Waals surface area (Å²) in [5.74, 6) is 1.01. The number of aryl methyl sites for hydroxylation is 1. The second-order valence-corrected chi connectivity index (χ2v) is 7.42. The van der Waals surface area contributed by atoms with E-state index < -0.39 is 0 Å². The lowest BCUT2D eigenvalue weighted by molar-refractivity contribution is 0.592. The fraction of sp³-hybridized carbons (Fsp3) is 0.538. The Morgan fingerprint density at radius 3 is 1.80 bits per heavy atom. The standard InChI is InChI=1S/C13H21OP/c1-10(2)15(11(3)4)14-13-8-6-12(5)7-9-13/h6-11H,1-5H3. The molecule has 0 aliphatic carbocycles. The Morgan fingerprint density at radius 1 is 0.933 bits per heavy atom. The molecular weight excluding hydrogens is 203 g/mol. The summed E-state index contributed by atoms with van der Waals surface area (Å²) in [6.45, 7) is 11.0. The highest BCUT2D eigenvalue weighted by atomic mass is 31.1. The van der Waals surface area contributed by atoms with Gasteiger partial charge in [0, 0.05) is 11.3 Å². The maximum Gasteiger partial charge on any atom is 0.123 e. The molecule has 0 unspecified atom stereocenters. The molecule has 0 fully saturated rings. The average molecular weight is 224 g/mol. The van der Waals surface area contributed by atoms with Crippen molar-refractivity contribution in [2.45, 2.75) is 45.9 Å². The molecule has 1 nitrogen and oxygen atoms in total. The van der Waals surface area contributed by atoms with Crippen LogP contribution in [0, 0.1) is 6.92 Å². The molecule has 0 saturated carbocycles. The third kappa shape index (κ3) is 3.83. The van der Waals surface area contributed by atoms with E-state index in [1.165, 1.54) is 5.56 Å². The largest absolute Gasteiger partial charge is 0.474 e. The molecule has 0 bridgehead atoms. The van der Waals surface area contributed by atoms with Gasteiger partial charge in [0.15, 0.2) is 0 Å². The Balaban J connectivity index is 2.70. The van der Waals surface area contributed by atoms with Crippen molar-refractivity contribution in [1.29, 1.82) is 0 Å². The van der Waals surface area contributed by atoms with E-state index in [0.717, 1.165) is 5.75 Å². The van der Waals surface area contributed by atoms with Crippen LogP contribution in [0.2, 0.25) is 0 Å². The summed E-state index contributed by atoms with van der Waals surface area (Å²) in [5.41, 5.74) is 2.50. The first-order valence-electron chi connectivity index (χ1n) is 5.53. The van der Waals surface area contributed by atoms with Gasteiger partial charge in [0.1, 0.15) is 5.75 Å². The highest BCUT2D eigenvalue weighted by Gasteiger charge is 2.19. The zero-order chi connectivity index (χ0) is 11.4. The van der Waals surface area contributed by atoms with Crippen LogP contribution in [-0.2, 0) is 0 Å². The molecule has 0 N–H and O–H groups in total. The molecule has 15 heavy (non-hydrogen) atoms. The van der Waals surface area contributed by atoms with Crippen LogP contribution < -0.4 is 4.52 Å². The molecule has 2 heteroatoms. The number of hydrogen-bond acceptors (Lipinski definition) is 1. The van der Waals surface area contributed by atoms with E-state index >= 15 is 0 Å². The van der Waals surface area contributed by atoms with Crippen molar-refractivity contribution in [3.8, 4) is 5.75 Å². The Bertz CT molecular complexity index is 282. The van der Waals surface area contributed by atoms with Gasteiger partial charge in [-0.2, -0.15) is 0 Å². The predicted octanol–water partition coefficient (Wildman–Crippen LogP) is 4.59. The molecule has 0 aliphatic heterocycles. The normalized spacial score (nSPS) is 11.5. The van der Waals surface area contributed by atoms with Crippen LogP contribution in [0.15, 0.2) is 24.3 Å². The Morgan fingerprint density at radius 2 is 1.40 bits per heavy atom. The van der Waals surface area contributed by atoms with Crippen LogP contribution in [0.1, 0.15) is 33.3 Å². The molecule has 1 aromatic carbocycles. The van der Waals surface area contributed by atoms with E-state index in [-0.39, 0.29) is 8.15 Å². The Hall–Kier alpha value is -0.550. The Labute approximate surface area is 94.7 Å². The van der Waals surface area contributed by atoms with Crippen LogP contribution in [0.3, 0.4) is 0 Å². The molecular formula is C13H21OP. The first kappa shape index (κ1) is 12.5. The summed E-state index contributed by atoms with van der Waals surface area (Å²) in [4.78, 5) is 0. The minimum Gasteiger partial charge on any atom is -0.474 e. The lowest BCUT2D eigenvalue weighted by Crippen LogP contribution is -2.08. The van der Waals surface area contributed by atoms with Crippen LogP contribution in [0.25, 0.3) is 0 Å². The molecule has 0 aliphatic rings. The van der Waals surface area contributed by atoms with Crippen LogP contribution >= 0.6 is 8.15 Å². The van der Waals surface area contributed by atoms with E-state index in [0.29, 0.717) is 11.3 Å². The first-order chi connectivity index (χ1) is 7.00. The quantitative estimate of drug-likeness (QED) is 0.680. The molecule has 0 aromatic heterocycles. The molecule has 0 spiro atoms. The van der Waals surface area contributed by atoms with E-state index in [9.17, 15) is 0 Å². The lowest BCUT2D eigenvalue weighted by atomic mass is 10.2. The predicted molar refractivity (Wildman–Crippen MR) is 69.0 cm³/mol.